The molecule has 8 heteroatoms. The largest absolute Gasteiger partial charge is 0.490 e. The minimum Gasteiger partial charge on any atom is -0.490 e. The predicted octanol–water partition coefficient (Wildman–Crippen LogP) is 1.78. The van der Waals surface area contributed by atoms with Crippen molar-refractivity contribution in [1.29, 1.82) is 0 Å². The highest BCUT2D eigenvalue weighted by Gasteiger charge is 2.17. The van der Waals surface area contributed by atoms with Crippen LogP contribution in [-0.2, 0) is 10.0 Å². The Labute approximate surface area is 128 Å². The first-order valence-electron chi connectivity index (χ1n) is 6.34. The molecule has 0 saturated carbocycles. The van der Waals surface area contributed by atoms with Crippen LogP contribution in [0.4, 0.5) is 5.69 Å². The first kappa shape index (κ1) is 15.7. The summed E-state index contributed by atoms with van der Waals surface area (Å²) in [4.78, 5) is 4.08. The molecule has 0 radical (unpaired) electrons. The van der Waals surface area contributed by atoms with Gasteiger partial charge in [0.2, 0.25) is 10.0 Å². The molecule has 0 fully saturated rings. The van der Waals surface area contributed by atoms with Crippen LogP contribution in [-0.4, -0.2) is 25.8 Å². The van der Waals surface area contributed by atoms with E-state index in [0.717, 1.165) is 5.01 Å². The average molecular weight is 327 g/mol. The topological polar surface area (TPSA) is 94.3 Å². The van der Waals surface area contributed by atoms with Crippen LogP contribution in [0.1, 0.15) is 18.0 Å². The van der Waals surface area contributed by atoms with Crippen molar-refractivity contribution in [2.24, 2.45) is 0 Å². The third-order valence-corrected chi connectivity index (χ3v) is 5.08. The number of hydrogen-bond donors (Lipinski definition) is 2. The summed E-state index contributed by atoms with van der Waals surface area (Å²) in [5, 5.41) is 2.54. The fourth-order valence-corrected chi connectivity index (χ4v) is 3.49. The van der Waals surface area contributed by atoms with Gasteiger partial charge in [0.05, 0.1) is 17.5 Å². The first-order chi connectivity index (χ1) is 9.98. The molecule has 0 aliphatic rings. The Balaban J connectivity index is 1.86. The lowest BCUT2D eigenvalue weighted by molar-refractivity contribution is 0.342. The summed E-state index contributed by atoms with van der Waals surface area (Å²) >= 11 is 1.41. The molecule has 1 aromatic carbocycles. The molecule has 1 aromatic heterocycles. The summed E-state index contributed by atoms with van der Waals surface area (Å²) in [6, 6.07) is 6.62. The molecule has 6 nitrogen and oxygen atoms in total. The van der Waals surface area contributed by atoms with Crippen LogP contribution in [0.2, 0.25) is 0 Å². The number of ether oxygens (including phenoxy) is 1. The standard InChI is InChI=1S/C13H17N3O3S2/c1-10(13-15-6-8-20-13)16-21(17,18)9-7-19-12-5-3-2-4-11(12)14/h2-6,8,10,16H,7,9,14H2,1H3. The quantitative estimate of drug-likeness (QED) is 0.756. The maximum absolute atomic E-state index is 12.0. The Morgan fingerprint density at radius 1 is 1.43 bits per heavy atom. The van der Waals surface area contributed by atoms with Crippen molar-refractivity contribution in [3.05, 3.63) is 40.8 Å². The van der Waals surface area contributed by atoms with E-state index in [1.54, 1.807) is 42.8 Å². The van der Waals surface area contributed by atoms with Crippen LogP contribution in [0.15, 0.2) is 35.8 Å². The van der Waals surface area contributed by atoms with E-state index in [9.17, 15) is 8.42 Å². The number of sulfonamides is 1. The van der Waals surface area contributed by atoms with Gasteiger partial charge in [-0.25, -0.2) is 18.1 Å². The monoisotopic (exact) mass is 327 g/mol. The molecule has 1 unspecified atom stereocenters. The minimum atomic E-state index is -3.44. The summed E-state index contributed by atoms with van der Waals surface area (Å²) in [6.07, 6.45) is 1.64. The van der Waals surface area contributed by atoms with Gasteiger partial charge < -0.3 is 10.5 Å². The number of aromatic nitrogens is 1. The summed E-state index contributed by atoms with van der Waals surface area (Å²) in [5.74, 6) is 0.345. The molecule has 0 bridgehead atoms. The lowest BCUT2D eigenvalue weighted by Gasteiger charge is -2.13. The fourth-order valence-electron chi connectivity index (χ4n) is 1.70. The van der Waals surface area contributed by atoms with Crippen molar-refractivity contribution in [3.63, 3.8) is 0 Å². The summed E-state index contributed by atoms with van der Waals surface area (Å²) < 4.78 is 31.9. The van der Waals surface area contributed by atoms with Crippen molar-refractivity contribution in [2.75, 3.05) is 18.1 Å². The van der Waals surface area contributed by atoms with E-state index in [2.05, 4.69) is 9.71 Å². The summed E-state index contributed by atoms with van der Waals surface area (Å²) in [5.41, 5.74) is 6.20. The van der Waals surface area contributed by atoms with E-state index in [4.69, 9.17) is 10.5 Å². The lowest BCUT2D eigenvalue weighted by atomic mass is 10.3. The Hall–Kier alpha value is -1.64. The van der Waals surface area contributed by atoms with Crippen LogP contribution in [0.3, 0.4) is 0 Å². The fraction of sp³-hybridized carbons (Fsp3) is 0.308. The number of nitrogens with two attached hydrogens (primary N) is 1. The maximum atomic E-state index is 12.0. The van der Waals surface area contributed by atoms with Crippen molar-refractivity contribution < 1.29 is 13.2 Å². The zero-order valence-corrected chi connectivity index (χ0v) is 13.2. The second-order valence-corrected chi connectivity index (χ2v) is 7.21. The molecule has 0 amide bonds. The van der Waals surface area contributed by atoms with E-state index in [1.807, 2.05) is 0 Å². The highest BCUT2D eigenvalue weighted by atomic mass is 32.2. The number of nitrogen functional groups attached to an aromatic ring is 1. The molecular formula is C13H17N3O3S2. The van der Waals surface area contributed by atoms with Crippen molar-refractivity contribution in [3.8, 4) is 5.75 Å². The lowest BCUT2D eigenvalue weighted by Crippen LogP contribution is -2.31. The van der Waals surface area contributed by atoms with Crippen LogP contribution in [0, 0.1) is 0 Å². The van der Waals surface area contributed by atoms with Crippen LogP contribution >= 0.6 is 11.3 Å². The Bertz CT molecular complexity index is 672. The SMILES string of the molecule is CC(NS(=O)(=O)CCOc1ccccc1N)c1nccs1. The van der Waals surface area contributed by atoms with Crippen LogP contribution in [0.5, 0.6) is 5.75 Å². The molecular weight excluding hydrogens is 310 g/mol. The molecule has 0 spiro atoms. The van der Waals surface area contributed by atoms with Crippen LogP contribution < -0.4 is 15.2 Å². The molecule has 0 aliphatic carbocycles. The van der Waals surface area contributed by atoms with Gasteiger partial charge in [0, 0.05) is 11.6 Å². The van der Waals surface area contributed by atoms with Crippen LogP contribution in [0.25, 0.3) is 0 Å². The smallest absolute Gasteiger partial charge is 0.215 e. The van der Waals surface area contributed by atoms with E-state index < -0.39 is 10.0 Å². The molecule has 0 aliphatic heterocycles. The number of nitrogens with one attached hydrogen (secondary N) is 1. The van der Waals surface area contributed by atoms with Crippen molar-refractivity contribution in [2.45, 2.75) is 13.0 Å². The van der Waals surface area contributed by atoms with Gasteiger partial charge in [-0.15, -0.1) is 11.3 Å². The van der Waals surface area contributed by atoms with Gasteiger partial charge in [-0.3, -0.25) is 0 Å². The van der Waals surface area contributed by atoms with Gasteiger partial charge in [0.25, 0.3) is 0 Å². The molecule has 114 valence electrons. The normalized spacial score (nSPS) is 13.0. The highest BCUT2D eigenvalue weighted by molar-refractivity contribution is 7.89. The molecule has 21 heavy (non-hydrogen) atoms. The average Bonchev–Trinajstić information content (AvgIpc) is 2.94. The van der Waals surface area contributed by atoms with Gasteiger partial charge in [-0.05, 0) is 19.1 Å². The number of nitrogens with zero attached hydrogens (tertiary/aromatic N) is 1. The van der Waals surface area contributed by atoms with Gasteiger partial charge in [0.1, 0.15) is 17.4 Å². The maximum Gasteiger partial charge on any atom is 0.215 e. The Morgan fingerprint density at radius 3 is 2.86 bits per heavy atom. The predicted molar refractivity (Wildman–Crippen MR) is 83.8 cm³/mol. The second kappa shape index (κ2) is 6.88. The number of anilines is 1. The van der Waals surface area contributed by atoms with E-state index in [-0.39, 0.29) is 18.4 Å². The van der Waals surface area contributed by atoms with E-state index in [0.29, 0.717) is 11.4 Å². The summed E-state index contributed by atoms with van der Waals surface area (Å²) in [6.45, 7) is 1.79. The van der Waals surface area contributed by atoms with E-state index in [1.165, 1.54) is 11.3 Å². The van der Waals surface area contributed by atoms with Crippen molar-refractivity contribution in [1.82, 2.24) is 9.71 Å². The van der Waals surface area contributed by atoms with Gasteiger partial charge in [-0.1, -0.05) is 12.1 Å². The molecule has 3 N–H and O–H groups in total. The highest BCUT2D eigenvalue weighted by Crippen LogP contribution is 2.20. The number of hydrogen-bond acceptors (Lipinski definition) is 6. The number of benzene rings is 1. The molecule has 2 rings (SSSR count). The zero-order chi connectivity index (χ0) is 15.3. The molecule has 1 heterocycles. The molecule has 1 atom stereocenters. The van der Waals surface area contributed by atoms with Crippen molar-refractivity contribution >= 4 is 27.0 Å². The number of thiazole rings is 1. The van der Waals surface area contributed by atoms with E-state index >= 15 is 0 Å². The third-order valence-electron chi connectivity index (χ3n) is 2.71. The molecule has 2 aromatic rings. The van der Waals surface area contributed by atoms with Gasteiger partial charge in [0.15, 0.2) is 0 Å². The third kappa shape index (κ3) is 4.69. The Morgan fingerprint density at radius 2 is 2.19 bits per heavy atom. The zero-order valence-electron chi connectivity index (χ0n) is 11.5. The van der Waals surface area contributed by atoms with Gasteiger partial charge in [-0.2, -0.15) is 0 Å². The second-order valence-electron chi connectivity index (χ2n) is 4.42. The summed E-state index contributed by atoms with van der Waals surface area (Å²) in [7, 11) is -3.44. The molecule has 0 saturated heterocycles. The first-order valence-corrected chi connectivity index (χ1v) is 8.88. The number of para-hydroxylation sites is 2. The Kier molecular flexibility index (Phi) is 5.16. The van der Waals surface area contributed by atoms with Gasteiger partial charge >= 0.3 is 0 Å². The number of rotatable bonds is 7. The minimum absolute atomic E-state index is 0.0358.